The first kappa shape index (κ1) is 20.7. The maximum absolute atomic E-state index is 11.7. The summed E-state index contributed by atoms with van der Waals surface area (Å²) in [5.41, 5.74) is 3.34. The Balaban J connectivity index is 1.84. The zero-order valence-electron chi connectivity index (χ0n) is 17.2. The molecule has 0 radical (unpaired) electrons. The second-order valence-corrected chi connectivity index (χ2v) is 9.55. The molecular weight excluding hydrogens is 414 g/mol. The molecule has 4 aromatic rings. The molecule has 8 nitrogen and oxygen atoms in total. The summed E-state index contributed by atoms with van der Waals surface area (Å²) < 4.78 is 23.4. The topological polar surface area (TPSA) is 118 Å². The predicted octanol–water partition coefficient (Wildman–Crippen LogP) is 3.27. The molecule has 9 heteroatoms. The third-order valence-electron chi connectivity index (χ3n) is 4.71. The summed E-state index contributed by atoms with van der Waals surface area (Å²) >= 11 is 0. The van der Waals surface area contributed by atoms with Crippen LogP contribution in [0.3, 0.4) is 0 Å². The fourth-order valence-electron chi connectivity index (χ4n) is 3.27. The molecule has 4 rings (SSSR count). The number of hydrogen-bond acceptors (Lipinski definition) is 7. The maximum atomic E-state index is 11.7. The van der Waals surface area contributed by atoms with Crippen LogP contribution in [0.1, 0.15) is 13.8 Å². The highest BCUT2D eigenvalue weighted by Crippen LogP contribution is 2.33. The van der Waals surface area contributed by atoms with Gasteiger partial charge in [0.25, 0.3) is 5.56 Å². The van der Waals surface area contributed by atoms with Crippen LogP contribution in [0.5, 0.6) is 0 Å². The van der Waals surface area contributed by atoms with E-state index < -0.39 is 9.84 Å². The van der Waals surface area contributed by atoms with Crippen LogP contribution < -0.4 is 10.9 Å². The van der Waals surface area contributed by atoms with Crippen LogP contribution in [0.25, 0.3) is 33.5 Å². The van der Waals surface area contributed by atoms with Gasteiger partial charge in [-0.2, -0.15) is 0 Å². The van der Waals surface area contributed by atoms with Crippen LogP contribution >= 0.6 is 0 Å². The molecule has 0 spiro atoms. The normalized spacial score (nSPS) is 11.7. The van der Waals surface area contributed by atoms with E-state index in [1.54, 1.807) is 24.3 Å². The van der Waals surface area contributed by atoms with Gasteiger partial charge in [-0.05, 0) is 49.2 Å². The summed E-state index contributed by atoms with van der Waals surface area (Å²) in [4.78, 5) is 18.9. The van der Waals surface area contributed by atoms with E-state index in [4.69, 9.17) is 0 Å². The molecule has 0 amide bonds. The van der Waals surface area contributed by atoms with Crippen LogP contribution in [-0.2, 0) is 9.84 Å². The minimum absolute atomic E-state index is 0.116. The summed E-state index contributed by atoms with van der Waals surface area (Å²) in [6, 6.07) is 13.9. The lowest BCUT2D eigenvalue weighted by atomic mass is 10.0. The number of anilines is 1. The first-order chi connectivity index (χ1) is 14.7. The molecule has 2 N–H and O–H groups in total. The average Bonchev–Trinajstić information content (AvgIpc) is 2.72. The highest BCUT2D eigenvalue weighted by molar-refractivity contribution is 7.90. The lowest BCUT2D eigenvalue weighted by Gasteiger charge is -2.16. The van der Waals surface area contributed by atoms with E-state index in [9.17, 15) is 13.2 Å². The minimum Gasteiger partial charge on any atom is -0.380 e. The predicted molar refractivity (Wildman–Crippen MR) is 121 cm³/mol. The fourth-order valence-corrected chi connectivity index (χ4v) is 3.90. The van der Waals surface area contributed by atoms with Gasteiger partial charge in [-0.15, -0.1) is 10.2 Å². The van der Waals surface area contributed by atoms with Crippen LogP contribution in [0.2, 0.25) is 0 Å². The molecule has 2 heterocycles. The highest BCUT2D eigenvalue weighted by atomic mass is 32.2. The van der Waals surface area contributed by atoms with Crippen LogP contribution in [0.4, 0.5) is 5.69 Å². The van der Waals surface area contributed by atoms with E-state index in [1.807, 2.05) is 32.0 Å². The molecule has 2 aromatic carbocycles. The molecule has 0 fully saturated rings. The number of H-pyrrole nitrogens is 1. The largest absolute Gasteiger partial charge is 0.380 e. The van der Waals surface area contributed by atoms with Crippen molar-refractivity contribution < 1.29 is 8.42 Å². The Morgan fingerprint density at radius 1 is 0.968 bits per heavy atom. The van der Waals surface area contributed by atoms with Gasteiger partial charge >= 0.3 is 0 Å². The van der Waals surface area contributed by atoms with Gasteiger partial charge in [-0.25, -0.2) is 13.4 Å². The smallest absolute Gasteiger partial charge is 0.251 e. The third kappa shape index (κ3) is 4.31. The standard InChI is InChI=1S/C22H21N5O3S/c1-13(2)24-20-17-9-6-15(14-4-7-16(8-5-14)31(3,29)30)12-18(17)26-27-21(20)22-23-11-10-19(28)25-22/h4-13H,1-3H3,(H,24,26)(H,23,25,28). The van der Waals surface area contributed by atoms with Gasteiger partial charge in [0, 0.05) is 29.9 Å². The number of aromatic amines is 1. The first-order valence-corrected chi connectivity index (χ1v) is 11.5. The molecule has 0 saturated carbocycles. The summed E-state index contributed by atoms with van der Waals surface area (Å²) in [5, 5.41) is 12.9. The maximum Gasteiger partial charge on any atom is 0.251 e. The number of aromatic nitrogens is 4. The molecule has 0 aliphatic heterocycles. The van der Waals surface area contributed by atoms with Crippen molar-refractivity contribution in [3.05, 3.63) is 65.1 Å². The minimum atomic E-state index is -3.25. The number of nitrogens with one attached hydrogen (secondary N) is 2. The van der Waals surface area contributed by atoms with Gasteiger partial charge in [0.05, 0.1) is 16.1 Å². The monoisotopic (exact) mass is 435 g/mol. The quantitative estimate of drug-likeness (QED) is 0.494. The lowest BCUT2D eigenvalue weighted by molar-refractivity contribution is 0.602. The number of nitrogens with zero attached hydrogens (tertiary/aromatic N) is 3. The molecule has 0 atom stereocenters. The Bertz CT molecular complexity index is 1430. The van der Waals surface area contributed by atoms with Gasteiger partial charge in [0.2, 0.25) is 0 Å². The molecule has 31 heavy (non-hydrogen) atoms. The van der Waals surface area contributed by atoms with Crippen molar-refractivity contribution in [1.29, 1.82) is 0 Å². The highest BCUT2D eigenvalue weighted by Gasteiger charge is 2.16. The van der Waals surface area contributed by atoms with Crippen LogP contribution in [0.15, 0.2) is 64.4 Å². The Morgan fingerprint density at radius 2 is 1.68 bits per heavy atom. The third-order valence-corrected chi connectivity index (χ3v) is 5.83. The summed E-state index contributed by atoms with van der Waals surface area (Å²) in [6.45, 7) is 4.02. The van der Waals surface area contributed by atoms with Gasteiger partial charge < -0.3 is 10.3 Å². The second-order valence-electron chi connectivity index (χ2n) is 7.53. The van der Waals surface area contributed by atoms with Crippen molar-refractivity contribution >= 4 is 26.4 Å². The second kappa shape index (κ2) is 7.92. The number of hydrogen-bond donors (Lipinski definition) is 2. The van der Waals surface area contributed by atoms with Crippen molar-refractivity contribution in [2.24, 2.45) is 0 Å². The molecule has 0 bridgehead atoms. The van der Waals surface area contributed by atoms with Crippen molar-refractivity contribution in [3.8, 4) is 22.6 Å². The molecular formula is C22H21N5O3S. The van der Waals surface area contributed by atoms with Crippen LogP contribution in [0, 0.1) is 0 Å². The molecule has 158 valence electrons. The number of fused-ring (bicyclic) bond motifs is 1. The Labute approximate surface area is 179 Å². The molecule has 0 aliphatic carbocycles. The van der Waals surface area contributed by atoms with E-state index in [1.165, 1.54) is 18.5 Å². The number of rotatable bonds is 5. The van der Waals surface area contributed by atoms with Gasteiger partial charge in [0.1, 0.15) is 0 Å². The molecule has 2 aromatic heterocycles. The van der Waals surface area contributed by atoms with Gasteiger partial charge in [-0.1, -0.05) is 18.2 Å². The van der Waals surface area contributed by atoms with Crippen molar-refractivity contribution in [2.75, 3.05) is 11.6 Å². The zero-order valence-corrected chi connectivity index (χ0v) is 18.1. The number of sulfone groups is 1. The molecule has 0 unspecified atom stereocenters. The summed E-state index contributed by atoms with van der Waals surface area (Å²) in [7, 11) is -3.25. The first-order valence-electron chi connectivity index (χ1n) is 9.65. The summed E-state index contributed by atoms with van der Waals surface area (Å²) in [5.74, 6) is 0.338. The summed E-state index contributed by atoms with van der Waals surface area (Å²) in [6.07, 6.45) is 2.62. The van der Waals surface area contributed by atoms with Crippen molar-refractivity contribution in [1.82, 2.24) is 20.2 Å². The Morgan fingerprint density at radius 3 is 2.32 bits per heavy atom. The van der Waals surface area contributed by atoms with E-state index in [0.29, 0.717) is 17.0 Å². The van der Waals surface area contributed by atoms with E-state index in [0.717, 1.165) is 22.2 Å². The zero-order chi connectivity index (χ0) is 22.2. The Hall–Kier alpha value is -3.59. The van der Waals surface area contributed by atoms with E-state index in [-0.39, 0.29) is 16.5 Å². The van der Waals surface area contributed by atoms with E-state index in [2.05, 4.69) is 25.5 Å². The molecule has 0 saturated heterocycles. The lowest BCUT2D eigenvalue weighted by Crippen LogP contribution is -2.14. The van der Waals surface area contributed by atoms with Gasteiger partial charge in [0.15, 0.2) is 21.4 Å². The Kier molecular flexibility index (Phi) is 5.28. The van der Waals surface area contributed by atoms with Gasteiger partial charge in [-0.3, -0.25) is 4.79 Å². The average molecular weight is 436 g/mol. The fraction of sp³-hybridized carbons (Fsp3) is 0.182. The SMILES string of the molecule is CC(C)Nc1c(-c2nccc(=O)[nH]2)nnc2cc(-c3ccc(S(C)(=O)=O)cc3)ccc12. The number of benzene rings is 2. The van der Waals surface area contributed by atoms with Crippen molar-refractivity contribution in [2.45, 2.75) is 24.8 Å². The van der Waals surface area contributed by atoms with Crippen LogP contribution in [-0.4, -0.2) is 40.9 Å². The van der Waals surface area contributed by atoms with E-state index >= 15 is 0 Å². The molecule has 0 aliphatic rings. The van der Waals surface area contributed by atoms with Crippen molar-refractivity contribution in [3.63, 3.8) is 0 Å².